The van der Waals surface area contributed by atoms with E-state index < -0.39 is 16.1 Å². The Balaban J connectivity index is 0.00000280. The number of rotatable bonds is 5. The molecule has 3 N–H and O–H groups in total. The van der Waals surface area contributed by atoms with Gasteiger partial charge in [-0.2, -0.15) is 4.72 Å². The highest BCUT2D eigenvalue weighted by molar-refractivity contribution is 7.89. The van der Waals surface area contributed by atoms with E-state index in [1.807, 2.05) is 6.92 Å². The van der Waals surface area contributed by atoms with Gasteiger partial charge in [-0.3, -0.25) is 4.79 Å². The van der Waals surface area contributed by atoms with Crippen molar-refractivity contribution in [3.8, 4) is 11.5 Å². The van der Waals surface area contributed by atoms with E-state index >= 15 is 0 Å². The van der Waals surface area contributed by atoms with Gasteiger partial charge in [-0.15, -0.1) is 12.4 Å². The van der Waals surface area contributed by atoms with E-state index in [-0.39, 0.29) is 35.3 Å². The summed E-state index contributed by atoms with van der Waals surface area (Å²) < 4.78 is 38.9. The number of carbonyl (C=O) groups is 1. The molecule has 2 heterocycles. The van der Waals surface area contributed by atoms with Crippen molar-refractivity contribution in [1.82, 2.24) is 15.4 Å². The summed E-state index contributed by atoms with van der Waals surface area (Å²) >= 11 is 0. The Labute approximate surface area is 172 Å². The smallest absolute Gasteiger partial charge is 0.241 e. The topological polar surface area (TPSA) is 106 Å². The van der Waals surface area contributed by atoms with Gasteiger partial charge in [0.05, 0.1) is 24.2 Å². The zero-order valence-electron chi connectivity index (χ0n) is 16.1. The van der Waals surface area contributed by atoms with E-state index in [0.29, 0.717) is 24.7 Å². The van der Waals surface area contributed by atoms with Gasteiger partial charge in [-0.25, -0.2) is 8.42 Å². The largest absolute Gasteiger partial charge is 0.490 e. The highest BCUT2D eigenvalue weighted by Crippen LogP contribution is 2.31. The zero-order chi connectivity index (χ0) is 19.4. The number of sulfonamides is 1. The van der Waals surface area contributed by atoms with Crippen LogP contribution in [0.2, 0.25) is 0 Å². The third-order valence-corrected chi connectivity index (χ3v) is 6.38. The maximum Gasteiger partial charge on any atom is 0.241 e. The molecule has 3 unspecified atom stereocenters. The molecule has 0 spiro atoms. The predicted molar refractivity (Wildman–Crippen MR) is 108 cm³/mol. The minimum absolute atomic E-state index is 0. The summed E-state index contributed by atoms with van der Waals surface area (Å²) in [4.78, 5) is 12.5. The number of hydrogen-bond acceptors (Lipinski definition) is 6. The van der Waals surface area contributed by atoms with Gasteiger partial charge >= 0.3 is 0 Å². The molecular formula is C18H28ClN3O5S. The number of halogens is 1. The third-order valence-electron chi connectivity index (χ3n) is 4.84. The van der Waals surface area contributed by atoms with Gasteiger partial charge in [0.25, 0.3) is 0 Å². The molecule has 10 heteroatoms. The van der Waals surface area contributed by atoms with Gasteiger partial charge in [0.15, 0.2) is 11.5 Å². The lowest BCUT2D eigenvalue weighted by molar-refractivity contribution is -0.123. The monoisotopic (exact) mass is 433 g/mol. The molecule has 0 bridgehead atoms. The predicted octanol–water partition coefficient (Wildman–Crippen LogP) is 1.19. The summed E-state index contributed by atoms with van der Waals surface area (Å²) in [6.07, 6.45) is 2.59. The van der Waals surface area contributed by atoms with Gasteiger partial charge in [0.1, 0.15) is 0 Å². The molecule has 0 aromatic heterocycles. The Morgan fingerprint density at radius 3 is 2.64 bits per heavy atom. The van der Waals surface area contributed by atoms with E-state index in [2.05, 4.69) is 15.4 Å². The fourth-order valence-corrected chi connectivity index (χ4v) is 4.43. The number of fused-ring (bicyclic) bond motifs is 1. The van der Waals surface area contributed by atoms with Crippen molar-refractivity contribution >= 4 is 28.3 Å². The van der Waals surface area contributed by atoms with Crippen LogP contribution >= 0.6 is 12.4 Å². The molecule has 28 heavy (non-hydrogen) atoms. The molecule has 1 amide bonds. The maximum atomic E-state index is 12.7. The summed E-state index contributed by atoms with van der Waals surface area (Å²) in [5.74, 6) is 0.582. The van der Waals surface area contributed by atoms with Crippen LogP contribution in [0.1, 0.15) is 33.1 Å². The minimum Gasteiger partial charge on any atom is -0.490 e. The fourth-order valence-electron chi connectivity index (χ4n) is 3.21. The van der Waals surface area contributed by atoms with Crippen LogP contribution in [0.4, 0.5) is 0 Å². The van der Waals surface area contributed by atoms with Crippen molar-refractivity contribution in [2.24, 2.45) is 0 Å². The van der Waals surface area contributed by atoms with Crippen LogP contribution in [0.3, 0.4) is 0 Å². The number of piperidine rings is 1. The summed E-state index contributed by atoms with van der Waals surface area (Å²) in [7, 11) is -3.87. The van der Waals surface area contributed by atoms with E-state index in [4.69, 9.17) is 9.47 Å². The van der Waals surface area contributed by atoms with Gasteiger partial charge in [-0.1, -0.05) is 0 Å². The van der Waals surface area contributed by atoms with Crippen LogP contribution in [0.15, 0.2) is 23.1 Å². The van der Waals surface area contributed by atoms with E-state index in [1.165, 1.54) is 19.1 Å². The van der Waals surface area contributed by atoms with E-state index in [1.54, 1.807) is 6.07 Å². The average Bonchev–Trinajstić information content (AvgIpc) is 2.88. The first-order valence-electron chi connectivity index (χ1n) is 9.32. The number of ether oxygens (including phenoxy) is 2. The van der Waals surface area contributed by atoms with Crippen molar-refractivity contribution in [2.45, 2.75) is 56.1 Å². The molecule has 0 radical (unpaired) electrons. The zero-order valence-corrected chi connectivity index (χ0v) is 17.7. The summed E-state index contributed by atoms with van der Waals surface area (Å²) in [6, 6.07) is 3.73. The summed E-state index contributed by atoms with van der Waals surface area (Å²) in [5.41, 5.74) is 0. The van der Waals surface area contributed by atoms with E-state index in [0.717, 1.165) is 25.8 Å². The van der Waals surface area contributed by atoms with Crippen molar-refractivity contribution in [3.05, 3.63) is 18.2 Å². The Kier molecular flexibility index (Phi) is 7.94. The lowest BCUT2D eigenvalue weighted by Crippen LogP contribution is -2.55. The number of benzene rings is 1. The second kappa shape index (κ2) is 9.78. The van der Waals surface area contributed by atoms with Gasteiger partial charge in [-0.05, 0) is 45.4 Å². The molecule has 158 valence electrons. The van der Waals surface area contributed by atoms with E-state index in [9.17, 15) is 13.2 Å². The van der Waals surface area contributed by atoms with Gasteiger partial charge in [0.2, 0.25) is 15.9 Å². The molecule has 1 aromatic carbocycles. The lowest BCUT2D eigenvalue weighted by atomic mass is 9.99. The molecule has 1 aromatic rings. The van der Waals surface area contributed by atoms with Crippen LogP contribution in [-0.2, 0) is 14.8 Å². The first-order chi connectivity index (χ1) is 12.9. The maximum absolute atomic E-state index is 12.7. The molecule has 3 atom stereocenters. The highest BCUT2D eigenvalue weighted by atomic mass is 35.5. The van der Waals surface area contributed by atoms with Crippen molar-refractivity contribution < 1.29 is 22.7 Å². The second-order valence-electron chi connectivity index (χ2n) is 7.00. The van der Waals surface area contributed by atoms with Crippen LogP contribution in [0, 0.1) is 0 Å². The number of hydrogen-bond donors (Lipinski definition) is 3. The molecule has 2 aliphatic heterocycles. The average molecular weight is 434 g/mol. The quantitative estimate of drug-likeness (QED) is 0.644. The van der Waals surface area contributed by atoms with Crippen LogP contribution < -0.4 is 24.8 Å². The molecule has 8 nitrogen and oxygen atoms in total. The van der Waals surface area contributed by atoms with Gasteiger partial charge in [0, 0.05) is 24.6 Å². The Hall–Kier alpha value is -1.55. The van der Waals surface area contributed by atoms with Gasteiger partial charge < -0.3 is 20.1 Å². The van der Waals surface area contributed by atoms with Crippen LogP contribution in [-0.4, -0.2) is 52.2 Å². The molecule has 2 aliphatic rings. The Bertz CT molecular complexity index is 789. The normalized spacial score (nSPS) is 23.1. The van der Waals surface area contributed by atoms with Crippen molar-refractivity contribution in [2.75, 3.05) is 19.8 Å². The first-order valence-corrected chi connectivity index (χ1v) is 10.8. The summed E-state index contributed by atoms with van der Waals surface area (Å²) in [5, 5.41) is 6.23. The Morgan fingerprint density at radius 2 is 1.93 bits per heavy atom. The third kappa shape index (κ3) is 5.50. The minimum atomic E-state index is -3.87. The van der Waals surface area contributed by atoms with Crippen molar-refractivity contribution in [1.29, 1.82) is 0 Å². The number of carbonyl (C=O) groups excluding carboxylic acids is 1. The highest BCUT2D eigenvalue weighted by Gasteiger charge is 2.27. The Morgan fingerprint density at radius 1 is 1.21 bits per heavy atom. The molecule has 0 saturated carbocycles. The molecule has 0 aliphatic carbocycles. The molecule has 1 saturated heterocycles. The first kappa shape index (κ1) is 22.7. The SMILES string of the molecule is CC(NS(=O)(=O)c1ccc2c(c1)OCCCO2)C(=O)NC1CCCNC1C.Cl. The fraction of sp³-hybridized carbons (Fsp3) is 0.611. The second-order valence-corrected chi connectivity index (χ2v) is 8.72. The number of nitrogens with one attached hydrogen (secondary N) is 3. The van der Waals surface area contributed by atoms with Crippen LogP contribution in [0.25, 0.3) is 0 Å². The lowest BCUT2D eigenvalue weighted by Gasteiger charge is -2.31. The van der Waals surface area contributed by atoms with Crippen LogP contribution in [0.5, 0.6) is 11.5 Å². The molecule has 3 rings (SSSR count). The standard InChI is InChI=1S/C18H27N3O5S.ClH/c1-12-15(5-3-8-19-12)20-18(22)13(2)21-27(23,24)14-6-7-16-17(11-14)26-10-4-9-25-16;/h6-7,11-13,15,19,21H,3-5,8-10H2,1-2H3,(H,20,22);1H. The summed E-state index contributed by atoms with van der Waals surface area (Å²) in [6.45, 7) is 5.48. The molecule has 1 fully saturated rings. The van der Waals surface area contributed by atoms with Crippen molar-refractivity contribution in [3.63, 3.8) is 0 Å². The number of amides is 1. The molecular weight excluding hydrogens is 406 g/mol.